The lowest BCUT2D eigenvalue weighted by atomic mass is 9.87. The predicted molar refractivity (Wildman–Crippen MR) is 209 cm³/mol. The fourth-order valence-corrected chi connectivity index (χ4v) is 6.17. The van der Waals surface area contributed by atoms with Crippen LogP contribution in [-0.4, -0.2) is 72.6 Å². The van der Waals surface area contributed by atoms with Crippen molar-refractivity contribution in [2.45, 2.75) is 157 Å². The SMILES string of the molecule is CC(COC(C)(C)CC(C)OC(C)(C)CC(C)OC(=O)C(C)/N=C/C(C)(C)Cc1ccccc1)OC(=O)C(C)/N=C/C(C)(C)Cc1ccccc1. The molecule has 0 aromatic heterocycles. The minimum Gasteiger partial charge on any atom is -0.461 e. The van der Waals surface area contributed by atoms with Crippen LogP contribution in [0, 0.1) is 10.8 Å². The fraction of sp³-hybridized carbons (Fsp3) is 0.628. The molecule has 51 heavy (non-hydrogen) atoms. The van der Waals surface area contributed by atoms with Gasteiger partial charge in [0.15, 0.2) is 0 Å². The highest BCUT2D eigenvalue weighted by Gasteiger charge is 2.31. The summed E-state index contributed by atoms with van der Waals surface area (Å²) in [6.07, 6.45) is 5.60. The Hall–Kier alpha value is -3.36. The predicted octanol–water partition coefficient (Wildman–Crippen LogP) is 9.07. The summed E-state index contributed by atoms with van der Waals surface area (Å²) in [5.41, 5.74) is 0.989. The van der Waals surface area contributed by atoms with Crippen molar-refractivity contribution in [2.75, 3.05) is 6.61 Å². The van der Waals surface area contributed by atoms with Crippen molar-refractivity contribution in [1.82, 2.24) is 0 Å². The highest BCUT2D eigenvalue weighted by molar-refractivity contribution is 5.79. The van der Waals surface area contributed by atoms with Crippen molar-refractivity contribution >= 4 is 24.4 Å². The molecule has 0 N–H and O–H groups in total. The smallest absolute Gasteiger partial charge is 0.330 e. The van der Waals surface area contributed by atoms with Gasteiger partial charge in [-0.15, -0.1) is 0 Å². The number of carbonyl (C=O) groups is 2. The Labute approximate surface area is 308 Å². The summed E-state index contributed by atoms with van der Waals surface area (Å²) in [5, 5.41) is 0. The first kappa shape index (κ1) is 43.8. The highest BCUT2D eigenvalue weighted by Crippen LogP contribution is 2.27. The maximum absolute atomic E-state index is 12.9. The number of hydrogen-bond acceptors (Lipinski definition) is 8. The molecule has 2 aromatic carbocycles. The molecule has 0 aliphatic carbocycles. The lowest BCUT2D eigenvalue weighted by molar-refractivity contribution is -0.162. The summed E-state index contributed by atoms with van der Waals surface area (Å²) in [4.78, 5) is 34.7. The third-order valence-corrected chi connectivity index (χ3v) is 8.40. The van der Waals surface area contributed by atoms with Gasteiger partial charge in [0.2, 0.25) is 0 Å². The van der Waals surface area contributed by atoms with Crippen molar-refractivity contribution < 1.29 is 28.5 Å². The minimum absolute atomic E-state index is 0.139. The van der Waals surface area contributed by atoms with E-state index in [-0.39, 0.29) is 41.6 Å². The monoisotopic (exact) mass is 706 g/mol. The lowest BCUT2D eigenvalue weighted by Gasteiger charge is -2.35. The van der Waals surface area contributed by atoms with Crippen molar-refractivity contribution in [2.24, 2.45) is 20.8 Å². The molecule has 0 fully saturated rings. The van der Waals surface area contributed by atoms with Crippen molar-refractivity contribution in [3.63, 3.8) is 0 Å². The molecule has 0 spiro atoms. The average Bonchev–Trinajstić information content (AvgIpc) is 3.01. The second-order valence-corrected chi connectivity index (χ2v) is 16.9. The van der Waals surface area contributed by atoms with E-state index in [1.165, 1.54) is 11.1 Å². The Morgan fingerprint density at radius 3 is 1.41 bits per heavy atom. The summed E-state index contributed by atoms with van der Waals surface area (Å²) in [5.74, 6) is -0.729. The van der Waals surface area contributed by atoms with Crippen LogP contribution in [0.2, 0.25) is 0 Å². The first-order valence-electron chi connectivity index (χ1n) is 18.5. The van der Waals surface area contributed by atoms with Gasteiger partial charge in [0.05, 0.1) is 23.9 Å². The van der Waals surface area contributed by atoms with Crippen LogP contribution >= 0.6 is 0 Å². The Morgan fingerprint density at radius 1 is 0.588 bits per heavy atom. The van der Waals surface area contributed by atoms with Crippen LogP contribution in [0.5, 0.6) is 0 Å². The minimum atomic E-state index is -0.610. The number of hydrogen-bond donors (Lipinski definition) is 0. The molecule has 0 saturated heterocycles. The Morgan fingerprint density at radius 2 is 0.980 bits per heavy atom. The van der Waals surface area contributed by atoms with Gasteiger partial charge in [-0.3, -0.25) is 9.98 Å². The third-order valence-electron chi connectivity index (χ3n) is 8.40. The molecule has 2 rings (SSSR count). The molecule has 0 saturated carbocycles. The molecule has 2 aromatic rings. The van der Waals surface area contributed by atoms with Gasteiger partial charge < -0.3 is 18.9 Å². The van der Waals surface area contributed by atoms with Gasteiger partial charge in [0.1, 0.15) is 24.3 Å². The second-order valence-electron chi connectivity index (χ2n) is 16.9. The number of benzene rings is 2. The van der Waals surface area contributed by atoms with E-state index in [9.17, 15) is 9.59 Å². The van der Waals surface area contributed by atoms with E-state index in [0.29, 0.717) is 12.8 Å². The molecule has 5 unspecified atom stereocenters. The van der Waals surface area contributed by atoms with Crippen LogP contribution < -0.4 is 0 Å². The molecule has 0 bridgehead atoms. The third kappa shape index (κ3) is 18.1. The molecule has 0 aliphatic rings. The number of rotatable bonds is 21. The van der Waals surface area contributed by atoms with Crippen LogP contribution in [0.15, 0.2) is 70.6 Å². The molecule has 0 aliphatic heterocycles. The lowest BCUT2D eigenvalue weighted by Crippen LogP contribution is -2.39. The largest absolute Gasteiger partial charge is 0.461 e. The van der Waals surface area contributed by atoms with Crippen molar-refractivity contribution in [3.05, 3.63) is 71.8 Å². The van der Waals surface area contributed by atoms with Crippen LogP contribution in [-0.2, 0) is 41.4 Å². The maximum atomic E-state index is 12.9. The van der Waals surface area contributed by atoms with E-state index in [4.69, 9.17) is 18.9 Å². The molecular formula is C43H66N2O6. The molecule has 8 nitrogen and oxygen atoms in total. The van der Waals surface area contributed by atoms with E-state index < -0.39 is 29.4 Å². The summed E-state index contributed by atoms with van der Waals surface area (Å²) in [6, 6.07) is 19.3. The second kappa shape index (κ2) is 19.5. The number of nitrogens with zero attached hydrogens (tertiary/aromatic N) is 2. The molecule has 0 heterocycles. The number of esters is 2. The quantitative estimate of drug-likeness (QED) is 0.0950. The normalized spacial score (nSPS) is 16.1. The van der Waals surface area contributed by atoms with E-state index >= 15 is 0 Å². The Balaban J connectivity index is 1.77. The van der Waals surface area contributed by atoms with E-state index in [1.54, 1.807) is 13.8 Å². The average molecular weight is 707 g/mol. The zero-order chi connectivity index (χ0) is 38.5. The number of carbonyl (C=O) groups excluding carboxylic acids is 2. The molecule has 284 valence electrons. The standard InChI is InChI=1S/C43H66N2O6/c1-31(49-38(46)34(4)44-29-40(6,7)26-36-20-16-14-17-21-36)24-43(12,13)51-32(2)25-42(10,11)48-28-33(3)50-39(47)35(5)45-30-41(8,9)27-37-22-18-15-19-23-37/h14-23,29-35H,24-28H2,1-13H3/b44-29+,45-30+. The summed E-state index contributed by atoms with van der Waals surface area (Å²) < 4.78 is 24.1. The summed E-state index contributed by atoms with van der Waals surface area (Å²) in [7, 11) is 0. The topological polar surface area (TPSA) is 95.8 Å². The van der Waals surface area contributed by atoms with Crippen LogP contribution in [0.25, 0.3) is 0 Å². The van der Waals surface area contributed by atoms with Gasteiger partial charge in [-0.05, 0) is 86.3 Å². The fourth-order valence-electron chi connectivity index (χ4n) is 6.17. The van der Waals surface area contributed by atoms with Crippen LogP contribution in [0.1, 0.15) is 114 Å². The van der Waals surface area contributed by atoms with Gasteiger partial charge in [0.25, 0.3) is 0 Å². The van der Waals surface area contributed by atoms with Crippen LogP contribution in [0.4, 0.5) is 0 Å². The number of aliphatic imine (C=N–C) groups is 2. The van der Waals surface area contributed by atoms with Crippen molar-refractivity contribution in [1.29, 1.82) is 0 Å². The molecule has 5 atom stereocenters. The highest BCUT2D eigenvalue weighted by atomic mass is 16.6. The maximum Gasteiger partial charge on any atom is 0.330 e. The summed E-state index contributed by atoms with van der Waals surface area (Å²) >= 11 is 0. The first-order chi connectivity index (χ1) is 23.6. The van der Waals surface area contributed by atoms with Crippen LogP contribution in [0.3, 0.4) is 0 Å². The van der Waals surface area contributed by atoms with Gasteiger partial charge in [-0.25, -0.2) is 9.59 Å². The van der Waals surface area contributed by atoms with Gasteiger partial charge in [0, 0.05) is 36.1 Å². The first-order valence-corrected chi connectivity index (χ1v) is 18.5. The van der Waals surface area contributed by atoms with Gasteiger partial charge in [-0.2, -0.15) is 0 Å². The van der Waals surface area contributed by atoms with Gasteiger partial charge >= 0.3 is 11.9 Å². The van der Waals surface area contributed by atoms with E-state index in [2.05, 4.69) is 61.9 Å². The Bertz CT molecular complexity index is 1400. The summed E-state index contributed by atoms with van der Waals surface area (Å²) in [6.45, 7) is 25.9. The number of ether oxygens (including phenoxy) is 4. The van der Waals surface area contributed by atoms with E-state index in [1.807, 2.05) is 97.3 Å². The molecular weight excluding hydrogens is 640 g/mol. The molecule has 0 radical (unpaired) electrons. The zero-order valence-electron chi connectivity index (χ0n) is 33.7. The zero-order valence-corrected chi connectivity index (χ0v) is 33.7. The van der Waals surface area contributed by atoms with Crippen molar-refractivity contribution in [3.8, 4) is 0 Å². The van der Waals surface area contributed by atoms with E-state index in [0.717, 1.165) is 12.8 Å². The van der Waals surface area contributed by atoms with Gasteiger partial charge in [-0.1, -0.05) is 88.4 Å². The Kier molecular flexibility index (Phi) is 16.7. The molecule has 8 heteroatoms. The molecule has 0 amide bonds.